The summed E-state index contributed by atoms with van der Waals surface area (Å²) in [6, 6.07) is 16.9. The van der Waals surface area contributed by atoms with Gasteiger partial charge in [-0.25, -0.2) is 0 Å². The first-order chi connectivity index (χ1) is 9.19. The monoisotopic (exact) mass is 273 g/mol. The molecule has 2 rings (SSSR count). The van der Waals surface area contributed by atoms with Gasteiger partial charge in [-0.05, 0) is 43.7 Å². The van der Waals surface area contributed by atoms with Crippen LogP contribution in [0.3, 0.4) is 0 Å². The highest BCUT2D eigenvalue weighted by Gasteiger charge is 2.11. The third kappa shape index (κ3) is 4.09. The van der Waals surface area contributed by atoms with Gasteiger partial charge in [-0.3, -0.25) is 0 Å². The molecule has 0 aliphatic rings. The molecule has 2 aromatic carbocycles. The molecule has 0 bridgehead atoms. The van der Waals surface area contributed by atoms with Crippen LogP contribution in [0.1, 0.15) is 22.6 Å². The highest BCUT2D eigenvalue weighted by molar-refractivity contribution is 6.30. The minimum atomic E-state index is 0.492. The van der Waals surface area contributed by atoms with Crippen molar-refractivity contribution in [2.24, 2.45) is 0 Å². The standard InChI is InChI=1S/C17H20ClN/c1-13-4-3-5-15(10-13)16(12-19-2)11-14-6-8-17(18)9-7-14/h3-10,16,19H,11-12H2,1-2H3. The van der Waals surface area contributed by atoms with E-state index in [9.17, 15) is 0 Å². The molecule has 0 fully saturated rings. The Hall–Kier alpha value is -1.31. The van der Waals surface area contributed by atoms with E-state index in [0.29, 0.717) is 5.92 Å². The number of likely N-dealkylation sites (N-methyl/N-ethyl adjacent to an activating group) is 1. The first kappa shape index (κ1) is 14.1. The summed E-state index contributed by atoms with van der Waals surface area (Å²) < 4.78 is 0. The average Bonchev–Trinajstić information content (AvgIpc) is 2.41. The molecule has 0 heterocycles. The Labute approximate surface area is 120 Å². The Morgan fingerprint density at radius 2 is 1.84 bits per heavy atom. The highest BCUT2D eigenvalue weighted by Crippen LogP contribution is 2.22. The zero-order valence-electron chi connectivity index (χ0n) is 11.5. The Morgan fingerprint density at radius 3 is 2.47 bits per heavy atom. The summed E-state index contributed by atoms with van der Waals surface area (Å²) in [5, 5.41) is 4.09. The van der Waals surface area contributed by atoms with E-state index in [2.05, 4.69) is 48.6 Å². The molecule has 0 saturated carbocycles. The minimum absolute atomic E-state index is 0.492. The SMILES string of the molecule is CNCC(Cc1ccc(Cl)cc1)c1cccc(C)c1. The van der Waals surface area contributed by atoms with E-state index in [1.165, 1.54) is 16.7 Å². The van der Waals surface area contributed by atoms with Gasteiger partial charge in [0.25, 0.3) is 0 Å². The summed E-state index contributed by atoms with van der Waals surface area (Å²) in [7, 11) is 2.00. The molecule has 0 saturated heterocycles. The van der Waals surface area contributed by atoms with Crippen molar-refractivity contribution in [1.29, 1.82) is 0 Å². The van der Waals surface area contributed by atoms with Gasteiger partial charge in [-0.1, -0.05) is 53.6 Å². The molecule has 1 nitrogen and oxygen atoms in total. The Kier molecular flexibility index (Phi) is 5.00. The van der Waals surface area contributed by atoms with Gasteiger partial charge < -0.3 is 5.32 Å². The van der Waals surface area contributed by atoms with Crippen LogP contribution in [0.15, 0.2) is 48.5 Å². The average molecular weight is 274 g/mol. The van der Waals surface area contributed by atoms with Crippen LogP contribution < -0.4 is 5.32 Å². The van der Waals surface area contributed by atoms with Crippen LogP contribution in [-0.2, 0) is 6.42 Å². The first-order valence-corrected chi connectivity index (χ1v) is 7.02. The van der Waals surface area contributed by atoms with Crippen LogP contribution in [0.2, 0.25) is 5.02 Å². The Balaban J connectivity index is 2.18. The van der Waals surface area contributed by atoms with Gasteiger partial charge >= 0.3 is 0 Å². The van der Waals surface area contributed by atoms with Crippen LogP contribution >= 0.6 is 11.6 Å². The third-order valence-corrected chi connectivity index (χ3v) is 3.61. The number of halogens is 1. The molecule has 1 unspecified atom stereocenters. The Morgan fingerprint density at radius 1 is 1.11 bits per heavy atom. The van der Waals surface area contributed by atoms with E-state index in [0.717, 1.165) is 18.0 Å². The van der Waals surface area contributed by atoms with Crippen molar-refractivity contribution in [2.45, 2.75) is 19.3 Å². The summed E-state index contributed by atoms with van der Waals surface area (Å²) in [5.74, 6) is 0.492. The first-order valence-electron chi connectivity index (χ1n) is 6.64. The summed E-state index contributed by atoms with van der Waals surface area (Å²) in [5.41, 5.74) is 4.03. The van der Waals surface area contributed by atoms with Crippen molar-refractivity contribution in [2.75, 3.05) is 13.6 Å². The molecule has 0 spiro atoms. The van der Waals surface area contributed by atoms with Crippen LogP contribution in [0, 0.1) is 6.92 Å². The lowest BCUT2D eigenvalue weighted by molar-refractivity contribution is 0.625. The molecule has 19 heavy (non-hydrogen) atoms. The fraction of sp³-hybridized carbons (Fsp3) is 0.294. The van der Waals surface area contributed by atoms with E-state index in [1.807, 2.05) is 19.2 Å². The molecule has 2 heteroatoms. The second-order valence-electron chi connectivity index (χ2n) is 5.00. The van der Waals surface area contributed by atoms with Gasteiger partial charge in [-0.2, -0.15) is 0 Å². The molecule has 0 aliphatic carbocycles. The van der Waals surface area contributed by atoms with Gasteiger partial charge in [-0.15, -0.1) is 0 Å². The Bertz CT molecular complexity index is 519. The van der Waals surface area contributed by atoms with Crippen LogP contribution in [0.5, 0.6) is 0 Å². The quantitative estimate of drug-likeness (QED) is 0.861. The summed E-state index contributed by atoms with van der Waals surface area (Å²) in [6.45, 7) is 3.12. The van der Waals surface area contributed by atoms with Crippen molar-refractivity contribution in [3.63, 3.8) is 0 Å². The van der Waals surface area contributed by atoms with E-state index < -0.39 is 0 Å². The highest BCUT2D eigenvalue weighted by atomic mass is 35.5. The van der Waals surface area contributed by atoms with Crippen molar-refractivity contribution in [3.8, 4) is 0 Å². The maximum atomic E-state index is 5.93. The summed E-state index contributed by atoms with van der Waals surface area (Å²) in [4.78, 5) is 0. The number of rotatable bonds is 5. The van der Waals surface area contributed by atoms with Crippen molar-refractivity contribution in [3.05, 3.63) is 70.2 Å². The lowest BCUT2D eigenvalue weighted by Gasteiger charge is -2.18. The third-order valence-electron chi connectivity index (χ3n) is 3.36. The van der Waals surface area contributed by atoms with E-state index in [1.54, 1.807) is 0 Å². The number of hydrogen-bond donors (Lipinski definition) is 1. The van der Waals surface area contributed by atoms with E-state index in [4.69, 9.17) is 11.6 Å². The van der Waals surface area contributed by atoms with Gasteiger partial charge in [0.15, 0.2) is 0 Å². The molecule has 100 valence electrons. The number of hydrogen-bond acceptors (Lipinski definition) is 1. The van der Waals surface area contributed by atoms with Crippen LogP contribution in [0.4, 0.5) is 0 Å². The largest absolute Gasteiger partial charge is 0.319 e. The predicted molar refractivity (Wildman–Crippen MR) is 83.0 cm³/mol. The zero-order valence-corrected chi connectivity index (χ0v) is 12.2. The smallest absolute Gasteiger partial charge is 0.0406 e. The van der Waals surface area contributed by atoms with Gasteiger partial charge in [0.2, 0.25) is 0 Å². The number of aryl methyl sites for hydroxylation is 1. The maximum absolute atomic E-state index is 5.93. The molecule has 1 N–H and O–H groups in total. The van der Waals surface area contributed by atoms with E-state index in [-0.39, 0.29) is 0 Å². The zero-order chi connectivity index (χ0) is 13.7. The van der Waals surface area contributed by atoms with Crippen molar-refractivity contribution in [1.82, 2.24) is 5.32 Å². The van der Waals surface area contributed by atoms with Gasteiger partial charge in [0.05, 0.1) is 0 Å². The molecule has 0 amide bonds. The summed E-state index contributed by atoms with van der Waals surface area (Å²) >= 11 is 5.93. The normalized spacial score (nSPS) is 12.4. The topological polar surface area (TPSA) is 12.0 Å². The van der Waals surface area contributed by atoms with Gasteiger partial charge in [0, 0.05) is 17.5 Å². The summed E-state index contributed by atoms with van der Waals surface area (Å²) in [6.07, 6.45) is 1.03. The number of nitrogens with one attached hydrogen (secondary N) is 1. The van der Waals surface area contributed by atoms with Crippen LogP contribution in [-0.4, -0.2) is 13.6 Å². The molecular weight excluding hydrogens is 254 g/mol. The maximum Gasteiger partial charge on any atom is 0.0406 e. The molecule has 0 aromatic heterocycles. The number of benzene rings is 2. The fourth-order valence-electron chi connectivity index (χ4n) is 2.38. The lowest BCUT2D eigenvalue weighted by Crippen LogP contribution is -2.19. The molecule has 0 radical (unpaired) electrons. The second kappa shape index (κ2) is 6.74. The molecule has 1 atom stereocenters. The molecule has 2 aromatic rings. The van der Waals surface area contributed by atoms with E-state index >= 15 is 0 Å². The lowest BCUT2D eigenvalue weighted by atomic mass is 9.91. The van der Waals surface area contributed by atoms with Crippen molar-refractivity contribution >= 4 is 11.6 Å². The molecule has 0 aliphatic heterocycles. The fourth-order valence-corrected chi connectivity index (χ4v) is 2.51. The molecular formula is C17H20ClN. The minimum Gasteiger partial charge on any atom is -0.319 e. The second-order valence-corrected chi connectivity index (χ2v) is 5.44. The predicted octanol–water partition coefficient (Wildman–Crippen LogP) is 4.19. The van der Waals surface area contributed by atoms with Crippen LogP contribution in [0.25, 0.3) is 0 Å². The van der Waals surface area contributed by atoms with Gasteiger partial charge in [0.1, 0.15) is 0 Å². The van der Waals surface area contributed by atoms with Crippen molar-refractivity contribution < 1.29 is 0 Å².